The topological polar surface area (TPSA) is 66.5 Å². The third-order valence-corrected chi connectivity index (χ3v) is 3.08. The molecule has 0 spiro atoms. The van der Waals surface area contributed by atoms with Gasteiger partial charge in [0.25, 0.3) is 0 Å². The molecule has 0 aliphatic rings. The van der Waals surface area contributed by atoms with Gasteiger partial charge in [0.2, 0.25) is 0 Å². The van der Waals surface area contributed by atoms with Crippen LogP contribution in [-0.2, 0) is 26.2 Å². The minimum Gasteiger partial charge on any atom is -0.365 e. The summed E-state index contributed by atoms with van der Waals surface area (Å²) in [6.07, 6.45) is -2.06. The first-order valence-corrected chi connectivity index (χ1v) is 6.58. The van der Waals surface area contributed by atoms with E-state index in [1.807, 2.05) is 13.0 Å². The summed E-state index contributed by atoms with van der Waals surface area (Å²) >= 11 is 0. The Kier molecular flexibility index (Phi) is 4.35. The third-order valence-electron chi connectivity index (χ3n) is 3.08. The number of halogens is 3. The van der Waals surface area contributed by atoms with Crippen molar-refractivity contribution in [3.63, 3.8) is 0 Å². The fraction of sp³-hybridized carbons (Fsp3) is 0.357. The Morgan fingerprint density at radius 2 is 2.09 bits per heavy atom. The second-order valence-electron chi connectivity index (χ2n) is 4.68. The molecule has 2 rings (SSSR count). The molecular weight excluding hydrogens is 295 g/mol. The monoisotopic (exact) mass is 309 g/mol. The zero-order valence-electron chi connectivity index (χ0n) is 12.1. The van der Waals surface area contributed by atoms with Crippen molar-refractivity contribution >= 4 is 5.82 Å². The van der Waals surface area contributed by atoms with Crippen LogP contribution in [0.25, 0.3) is 0 Å². The molecule has 22 heavy (non-hydrogen) atoms. The molecule has 0 aliphatic heterocycles. The Morgan fingerprint density at radius 1 is 1.36 bits per heavy atom. The van der Waals surface area contributed by atoms with E-state index < -0.39 is 11.9 Å². The average Bonchev–Trinajstić information content (AvgIpc) is 2.84. The van der Waals surface area contributed by atoms with Gasteiger partial charge in [0.1, 0.15) is 17.6 Å². The standard InChI is InChI=1S/C14H14F3N5/c1-3-11-10(8-22(2)21-11)7-19-13-9(6-18)4-5-12(20-13)14(15,16)17/h4-5,8H,3,7H2,1-2H3,(H,19,20). The molecule has 0 fully saturated rings. The highest BCUT2D eigenvalue weighted by atomic mass is 19.4. The van der Waals surface area contributed by atoms with Crippen LogP contribution in [0.1, 0.15) is 29.4 Å². The molecule has 0 saturated heterocycles. The molecule has 1 N–H and O–H groups in total. The van der Waals surface area contributed by atoms with Crippen LogP contribution in [0, 0.1) is 11.3 Å². The Morgan fingerprint density at radius 3 is 2.68 bits per heavy atom. The second-order valence-corrected chi connectivity index (χ2v) is 4.68. The molecule has 0 aromatic carbocycles. The van der Waals surface area contributed by atoms with Gasteiger partial charge >= 0.3 is 6.18 Å². The van der Waals surface area contributed by atoms with Gasteiger partial charge in [-0.3, -0.25) is 4.68 Å². The summed E-state index contributed by atoms with van der Waals surface area (Å²) in [5.41, 5.74) is 0.736. The molecular formula is C14H14F3N5. The number of aryl methyl sites for hydroxylation is 2. The Labute approximate surface area is 125 Å². The summed E-state index contributed by atoms with van der Waals surface area (Å²) in [6, 6.07) is 3.74. The lowest BCUT2D eigenvalue weighted by Gasteiger charge is -2.11. The molecule has 2 heterocycles. The van der Waals surface area contributed by atoms with Gasteiger partial charge in [-0.25, -0.2) is 4.98 Å². The predicted octanol–water partition coefficient (Wildman–Crippen LogP) is 2.88. The number of hydrogen-bond donors (Lipinski definition) is 1. The highest BCUT2D eigenvalue weighted by molar-refractivity contribution is 5.52. The second kappa shape index (κ2) is 6.05. The summed E-state index contributed by atoms with van der Waals surface area (Å²) in [4.78, 5) is 3.51. The van der Waals surface area contributed by atoms with Gasteiger partial charge in [-0.2, -0.15) is 23.5 Å². The molecule has 0 bridgehead atoms. The predicted molar refractivity (Wildman–Crippen MR) is 73.9 cm³/mol. The molecule has 116 valence electrons. The van der Waals surface area contributed by atoms with Crippen LogP contribution in [0.15, 0.2) is 18.3 Å². The van der Waals surface area contributed by atoms with Gasteiger partial charge in [0.05, 0.1) is 11.3 Å². The van der Waals surface area contributed by atoms with Crippen molar-refractivity contribution in [1.82, 2.24) is 14.8 Å². The van der Waals surface area contributed by atoms with E-state index in [1.54, 1.807) is 17.9 Å². The van der Waals surface area contributed by atoms with E-state index in [0.29, 0.717) is 6.42 Å². The fourth-order valence-electron chi connectivity index (χ4n) is 2.05. The third kappa shape index (κ3) is 3.36. The first-order chi connectivity index (χ1) is 10.3. The number of aromatic nitrogens is 3. The molecule has 0 amide bonds. The first kappa shape index (κ1) is 15.8. The van der Waals surface area contributed by atoms with Crippen LogP contribution < -0.4 is 5.32 Å². The van der Waals surface area contributed by atoms with E-state index in [1.165, 1.54) is 0 Å². The molecule has 0 aliphatic carbocycles. The van der Waals surface area contributed by atoms with E-state index in [2.05, 4.69) is 15.4 Å². The van der Waals surface area contributed by atoms with Crippen molar-refractivity contribution in [3.8, 4) is 6.07 Å². The molecule has 8 heteroatoms. The zero-order valence-corrected chi connectivity index (χ0v) is 12.1. The van der Waals surface area contributed by atoms with Crippen LogP contribution in [0.5, 0.6) is 0 Å². The quantitative estimate of drug-likeness (QED) is 0.943. The minimum atomic E-state index is -4.55. The SMILES string of the molecule is CCc1nn(C)cc1CNc1nc(C(F)(F)F)ccc1C#N. The van der Waals surface area contributed by atoms with Crippen molar-refractivity contribution in [2.45, 2.75) is 26.1 Å². The van der Waals surface area contributed by atoms with Gasteiger partial charge in [0.15, 0.2) is 0 Å². The van der Waals surface area contributed by atoms with Gasteiger partial charge in [-0.05, 0) is 18.6 Å². The Hall–Kier alpha value is -2.56. The van der Waals surface area contributed by atoms with E-state index in [-0.39, 0.29) is 17.9 Å². The van der Waals surface area contributed by atoms with Crippen molar-refractivity contribution in [1.29, 1.82) is 5.26 Å². The normalized spacial score (nSPS) is 11.3. The highest BCUT2D eigenvalue weighted by Gasteiger charge is 2.33. The molecule has 0 saturated carbocycles. The lowest BCUT2D eigenvalue weighted by molar-refractivity contribution is -0.141. The maximum atomic E-state index is 12.7. The Balaban J connectivity index is 2.26. The number of pyridine rings is 1. The average molecular weight is 309 g/mol. The molecule has 0 radical (unpaired) electrons. The summed E-state index contributed by atoms with van der Waals surface area (Å²) in [5.74, 6) is -0.0803. The lowest BCUT2D eigenvalue weighted by atomic mass is 10.2. The summed E-state index contributed by atoms with van der Waals surface area (Å²) < 4.78 is 39.7. The number of rotatable bonds is 4. The number of hydrogen-bond acceptors (Lipinski definition) is 4. The van der Waals surface area contributed by atoms with Crippen molar-refractivity contribution in [2.75, 3.05) is 5.32 Å². The van der Waals surface area contributed by atoms with Gasteiger partial charge in [-0.15, -0.1) is 0 Å². The minimum absolute atomic E-state index is 0.0648. The van der Waals surface area contributed by atoms with Gasteiger partial charge < -0.3 is 5.32 Å². The fourth-order valence-corrected chi connectivity index (χ4v) is 2.05. The van der Waals surface area contributed by atoms with Gasteiger partial charge in [0, 0.05) is 25.4 Å². The lowest BCUT2D eigenvalue weighted by Crippen LogP contribution is -2.12. The summed E-state index contributed by atoms with van der Waals surface area (Å²) in [5, 5.41) is 16.0. The zero-order chi connectivity index (χ0) is 16.3. The number of nitrogens with one attached hydrogen (secondary N) is 1. The number of alkyl halides is 3. The van der Waals surface area contributed by atoms with Crippen LogP contribution >= 0.6 is 0 Å². The number of nitrogens with zero attached hydrogens (tertiary/aromatic N) is 4. The maximum absolute atomic E-state index is 12.7. The largest absolute Gasteiger partial charge is 0.433 e. The van der Waals surface area contributed by atoms with Crippen molar-refractivity contribution < 1.29 is 13.2 Å². The molecule has 5 nitrogen and oxygen atoms in total. The number of anilines is 1. The number of nitriles is 1. The smallest absolute Gasteiger partial charge is 0.365 e. The highest BCUT2D eigenvalue weighted by Crippen LogP contribution is 2.29. The molecule has 0 unspecified atom stereocenters. The van der Waals surface area contributed by atoms with E-state index in [0.717, 1.165) is 23.4 Å². The molecule has 2 aromatic rings. The van der Waals surface area contributed by atoms with Gasteiger partial charge in [-0.1, -0.05) is 6.92 Å². The molecule has 0 atom stereocenters. The summed E-state index contributed by atoms with van der Waals surface area (Å²) in [7, 11) is 1.77. The van der Waals surface area contributed by atoms with Crippen LogP contribution in [-0.4, -0.2) is 14.8 Å². The maximum Gasteiger partial charge on any atom is 0.433 e. The van der Waals surface area contributed by atoms with Crippen LogP contribution in [0.2, 0.25) is 0 Å². The van der Waals surface area contributed by atoms with E-state index >= 15 is 0 Å². The molecule has 2 aromatic heterocycles. The van der Waals surface area contributed by atoms with E-state index in [9.17, 15) is 13.2 Å². The van der Waals surface area contributed by atoms with E-state index in [4.69, 9.17) is 5.26 Å². The Bertz CT molecular complexity index is 712. The van der Waals surface area contributed by atoms with Crippen LogP contribution in [0.3, 0.4) is 0 Å². The van der Waals surface area contributed by atoms with Crippen molar-refractivity contribution in [2.24, 2.45) is 7.05 Å². The van der Waals surface area contributed by atoms with Crippen molar-refractivity contribution in [3.05, 3.63) is 40.8 Å². The first-order valence-electron chi connectivity index (χ1n) is 6.58. The summed E-state index contributed by atoms with van der Waals surface area (Å²) in [6.45, 7) is 2.19. The van der Waals surface area contributed by atoms with Crippen LogP contribution in [0.4, 0.5) is 19.0 Å².